The van der Waals surface area contributed by atoms with Gasteiger partial charge < -0.3 is 15.6 Å². The Morgan fingerprint density at radius 1 is 1.38 bits per heavy atom. The smallest absolute Gasteiger partial charge is 0.252 e. The molecule has 0 saturated heterocycles. The van der Waals surface area contributed by atoms with Crippen molar-refractivity contribution in [2.75, 3.05) is 17.2 Å². The Labute approximate surface area is 123 Å². The molecule has 0 unspecified atom stereocenters. The van der Waals surface area contributed by atoms with Crippen molar-refractivity contribution in [3.05, 3.63) is 51.6 Å². The number of benzene rings is 1. The molecule has 0 amide bonds. The van der Waals surface area contributed by atoms with Gasteiger partial charge in [-0.25, -0.2) is 4.98 Å². The van der Waals surface area contributed by atoms with Crippen LogP contribution in [0.1, 0.15) is 36.7 Å². The fourth-order valence-electron chi connectivity index (χ4n) is 2.73. The van der Waals surface area contributed by atoms with E-state index in [1.165, 1.54) is 11.1 Å². The summed E-state index contributed by atoms with van der Waals surface area (Å²) in [6, 6.07) is 7.58. The number of H-pyrrole nitrogens is 1. The molecule has 1 aromatic carbocycles. The van der Waals surface area contributed by atoms with Crippen LogP contribution in [0.5, 0.6) is 0 Å². The minimum Gasteiger partial charge on any atom is -0.398 e. The highest BCUT2D eigenvalue weighted by atomic mass is 16.1. The molecule has 21 heavy (non-hydrogen) atoms. The van der Waals surface area contributed by atoms with Gasteiger partial charge in [-0.2, -0.15) is 0 Å². The fraction of sp³-hybridized carbons (Fsp3) is 0.375. The van der Waals surface area contributed by atoms with E-state index >= 15 is 0 Å². The van der Waals surface area contributed by atoms with E-state index in [1.54, 1.807) is 6.07 Å². The maximum atomic E-state index is 11.8. The number of hydrogen-bond donors (Lipinski definition) is 2. The van der Waals surface area contributed by atoms with E-state index in [4.69, 9.17) is 5.73 Å². The topological polar surface area (TPSA) is 75.0 Å². The predicted molar refractivity (Wildman–Crippen MR) is 84.6 cm³/mol. The molecule has 0 radical (unpaired) electrons. The minimum absolute atomic E-state index is 0.0953. The third-order valence-electron chi connectivity index (χ3n) is 3.92. The number of nitrogens with zero attached hydrogens (tertiary/aromatic N) is 2. The molecule has 0 atom stereocenters. The Morgan fingerprint density at radius 2 is 2.19 bits per heavy atom. The van der Waals surface area contributed by atoms with Crippen molar-refractivity contribution >= 4 is 11.5 Å². The van der Waals surface area contributed by atoms with Crippen molar-refractivity contribution in [1.82, 2.24) is 9.97 Å². The summed E-state index contributed by atoms with van der Waals surface area (Å²) in [4.78, 5) is 21.3. The number of hydrogen-bond acceptors (Lipinski definition) is 4. The zero-order valence-corrected chi connectivity index (χ0v) is 12.4. The number of rotatable bonds is 2. The standard InChI is InChI=1S/C16H20N4O/c1-10(2)16-18-14(8-15(21)19-16)20-7-6-12-11(9-20)4-3-5-13(12)17/h3-5,8,10H,6-7,9,17H2,1-2H3,(H,18,19,21). The largest absolute Gasteiger partial charge is 0.398 e. The molecule has 2 aromatic rings. The van der Waals surface area contributed by atoms with E-state index in [1.807, 2.05) is 26.0 Å². The quantitative estimate of drug-likeness (QED) is 0.828. The summed E-state index contributed by atoms with van der Waals surface area (Å²) in [6.45, 7) is 5.62. The summed E-state index contributed by atoms with van der Waals surface area (Å²) in [5.41, 5.74) is 9.23. The third-order valence-corrected chi connectivity index (χ3v) is 3.92. The Balaban J connectivity index is 1.95. The first-order valence-corrected chi connectivity index (χ1v) is 7.27. The van der Waals surface area contributed by atoms with Crippen molar-refractivity contribution in [3.8, 4) is 0 Å². The molecule has 0 fully saturated rings. The summed E-state index contributed by atoms with van der Waals surface area (Å²) in [6.07, 6.45) is 0.882. The average Bonchev–Trinajstić information content (AvgIpc) is 2.46. The van der Waals surface area contributed by atoms with Crippen LogP contribution >= 0.6 is 0 Å². The van der Waals surface area contributed by atoms with Crippen molar-refractivity contribution in [1.29, 1.82) is 0 Å². The number of aromatic nitrogens is 2. The second kappa shape index (κ2) is 5.24. The molecular formula is C16H20N4O. The van der Waals surface area contributed by atoms with Crippen molar-refractivity contribution in [3.63, 3.8) is 0 Å². The SMILES string of the molecule is CC(C)c1nc(N2CCc3c(N)cccc3C2)cc(=O)[nH]1. The van der Waals surface area contributed by atoms with Gasteiger partial charge in [0.15, 0.2) is 0 Å². The van der Waals surface area contributed by atoms with Gasteiger partial charge in [-0.05, 0) is 23.6 Å². The van der Waals surface area contributed by atoms with Gasteiger partial charge in [0.05, 0.1) is 0 Å². The van der Waals surface area contributed by atoms with Gasteiger partial charge in [0.1, 0.15) is 11.6 Å². The number of nitrogens with one attached hydrogen (secondary N) is 1. The van der Waals surface area contributed by atoms with Crippen molar-refractivity contribution in [2.24, 2.45) is 0 Å². The fourth-order valence-corrected chi connectivity index (χ4v) is 2.73. The molecule has 1 aliphatic heterocycles. The van der Waals surface area contributed by atoms with E-state index in [0.29, 0.717) is 0 Å². The molecule has 3 rings (SSSR count). The van der Waals surface area contributed by atoms with Crippen LogP contribution in [0.2, 0.25) is 0 Å². The molecule has 0 spiro atoms. The second-order valence-corrected chi connectivity index (χ2v) is 5.80. The van der Waals surface area contributed by atoms with E-state index in [9.17, 15) is 4.79 Å². The van der Waals surface area contributed by atoms with E-state index in [2.05, 4.69) is 20.9 Å². The van der Waals surface area contributed by atoms with Gasteiger partial charge >= 0.3 is 0 Å². The average molecular weight is 284 g/mol. The van der Waals surface area contributed by atoms with E-state index in [-0.39, 0.29) is 11.5 Å². The number of aromatic amines is 1. The third kappa shape index (κ3) is 2.63. The van der Waals surface area contributed by atoms with Gasteiger partial charge in [-0.15, -0.1) is 0 Å². The van der Waals surface area contributed by atoms with E-state index in [0.717, 1.165) is 36.8 Å². The molecule has 0 aliphatic carbocycles. The molecule has 5 nitrogen and oxygen atoms in total. The van der Waals surface area contributed by atoms with Crippen LogP contribution < -0.4 is 16.2 Å². The predicted octanol–water partition coefficient (Wildman–Crippen LogP) is 2.04. The molecule has 0 saturated carbocycles. The van der Waals surface area contributed by atoms with Crippen LogP contribution in [-0.2, 0) is 13.0 Å². The molecule has 5 heteroatoms. The summed E-state index contributed by atoms with van der Waals surface area (Å²) >= 11 is 0. The Kier molecular flexibility index (Phi) is 3.41. The van der Waals surface area contributed by atoms with Crippen LogP contribution in [0.25, 0.3) is 0 Å². The lowest BCUT2D eigenvalue weighted by atomic mass is 9.98. The van der Waals surface area contributed by atoms with Crippen LogP contribution in [0.15, 0.2) is 29.1 Å². The highest BCUT2D eigenvalue weighted by molar-refractivity contribution is 5.55. The molecule has 0 bridgehead atoms. The summed E-state index contributed by atoms with van der Waals surface area (Å²) < 4.78 is 0. The van der Waals surface area contributed by atoms with Crippen molar-refractivity contribution in [2.45, 2.75) is 32.7 Å². The second-order valence-electron chi connectivity index (χ2n) is 5.80. The van der Waals surface area contributed by atoms with Gasteiger partial charge in [-0.3, -0.25) is 4.79 Å². The molecular weight excluding hydrogens is 264 g/mol. The zero-order chi connectivity index (χ0) is 15.0. The lowest BCUT2D eigenvalue weighted by molar-refractivity contribution is 0.700. The van der Waals surface area contributed by atoms with Crippen molar-refractivity contribution < 1.29 is 0 Å². The molecule has 2 heterocycles. The summed E-state index contributed by atoms with van der Waals surface area (Å²) in [5, 5.41) is 0. The lowest BCUT2D eigenvalue weighted by Crippen LogP contribution is -2.33. The van der Waals surface area contributed by atoms with Crippen LogP contribution in [0.3, 0.4) is 0 Å². The number of fused-ring (bicyclic) bond motifs is 1. The summed E-state index contributed by atoms with van der Waals surface area (Å²) in [7, 11) is 0. The van der Waals surface area contributed by atoms with Gasteiger partial charge in [0.2, 0.25) is 0 Å². The van der Waals surface area contributed by atoms with Crippen LogP contribution in [0, 0.1) is 0 Å². The van der Waals surface area contributed by atoms with E-state index < -0.39 is 0 Å². The maximum Gasteiger partial charge on any atom is 0.252 e. The minimum atomic E-state index is -0.0953. The molecule has 110 valence electrons. The zero-order valence-electron chi connectivity index (χ0n) is 12.4. The number of nitrogen functional groups attached to an aromatic ring is 1. The Hall–Kier alpha value is -2.30. The van der Waals surface area contributed by atoms with Crippen LogP contribution in [-0.4, -0.2) is 16.5 Å². The van der Waals surface area contributed by atoms with Crippen LogP contribution in [0.4, 0.5) is 11.5 Å². The molecule has 1 aromatic heterocycles. The first kappa shape index (κ1) is 13.7. The summed E-state index contributed by atoms with van der Waals surface area (Å²) in [5.74, 6) is 1.68. The Morgan fingerprint density at radius 3 is 2.95 bits per heavy atom. The first-order valence-electron chi connectivity index (χ1n) is 7.27. The highest BCUT2D eigenvalue weighted by Gasteiger charge is 2.20. The normalized spacial score (nSPS) is 14.3. The lowest BCUT2D eigenvalue weighted by Gasteiger charge is -2.30. The number of anilines is 2. The first-order chi connectivity index (χ1) is 10.0. The Bertz CT molecular complexity index is 720. The maximum absolute atomic E-state index is 11.8. The van der Waals surface area contributed by atoms with Gasteiger partial charge in [0.25, 0.3) is 5.56 Å². The number of nitrogens with two attached hydrogens (primary N) is 1. The monoisotopic (exact) mass is 284 g/mol. The highest BCUT2D eigenvalue weighted by Crippen LogP contribution is 2.26. The molecule has 3 N–H and O–H groups in total. The van der Waals surface area contributed by atoms with Gasteiger partial charge in [-0.1, -0.05) is 26.0 Å². The molecule has 1 aliphatic rings. The van der Waals surface area contributed by atoms with Gasteiger partial charge in [0, 0.05) is 30.8 Å².